The Kier molecular flexibility index (Phi) is 6.96. The molecule has 2 aromatic carbocycles. The van der Waals surface area contributed by atoms with Gasteiger partial charge in [-0.3, -0.25) is 4.68 Å². The minimum atomic E-state index is -1.32. The van der Waals surface area contributed by atoms with Crippen LogP contribution >= 0.6 is 0 Å². The molecular formula is C25H23F2N7O2. The summed E-state index contributed by atoms with van der Waals surface area (Å²) in [5, 5.41) is 32.0. The zero-order chi connectivity index (χ0) is 25.8. The SMILES string of the molecule is CCn1ncc2cc(Nc3nc(N[C@H](c4ccccc4F)[C@H](C)NC(=O)O)c(F)cc3C#N)ccc21. The molecule has 0 fully saturated rings. The Morgan fingerprint density at radius 2 is 1.94 bits per heavy atom. The first-order valence-corrected chi connectivity index (χ1v) is 11.1. The highest BCUT2D eigenvalue weighted by molar-refractivity contribution is 5.83. The summed E-state index contributed by atoms with van der Waals surface area (Å²) in [6.07, 6.45) is 0.402. The zero-order valence-corrected chi connectivity index (χ0v) is 19.5. The van der Waals surface area contributed by atoms with E-state index in [9.17, 15) is 18.8 Å². The van der Waals surface area contributed by atoms with Crippen molar-refractivity contribution >= 4 is 34.3 Å². The van der Waals surface area contributed by atoms with Crippen LogP contribution in [0.25, 0.3) is 10.9 Å². The van der Waals surface area contributed by atoms with E-state index in [-0.39, 0.29) is 22.8 Å². The van der Waals surface area contributed by atoms with Crippen molar-refractivity contribution in [2.24, 2.45) is 0 Å². The number of nitriles is 1. The van der Waals surface area contributed by atoms with Crippen LogP contribution < -0.4 is 16.0 Å². The number of anilines is 3. The predicted molar refractivity (Wildman–Crippen MR) is 131 cm³/mol. The van der Waals surface area contributed by atoms with Gasteiger partial charge in [0, 0.05) is 23.2 Å². The van der Waals surface area contributed by atoms with Crippen molar-refractivity contribution in [2.75, 3.05) is 10.6 Å². The number of rotatable bonds is 8. The van der Waals surface area contributed by atoms with Crippen LogP contribution in [0.3, 0.4) is 0 Å². The van der Waals surface area contributed by atoms with E-state index >= 15 is 0 Å². The van der Waals surface area contributed by atoms with Crippen molar-refractivity contribution in [2.45, 2.75) is 32.5 Å². The molecular weight excluding hydrogens is 468 g/mol. The average Bonchev–Trinajstić information content (AvgIpc) is 3.26. The number of fused-ring (bicyclic) bond motifs is 1. The van der Waals surface area contributed by atoms with Crippen LogP contribution in [0.5, 0.6) is 0 Å². The smallest absolute Gasteiger partial charge is 0.404 e. The fourth-order valence-electron chi connectivity index (χ4n) is 3.95. The van der Waals surface area contributed by atoms with Crippen LogP contribution in [0.4, 0.5) is 30.9 Å². The number of carbonyl (C=O) groups is 1. The van der Waals surface area contributed by atoms with Gasteiger partial charge in [0.05, 0.1) is 29.4 Å². The second-order valence-corrected chi connectivity index (χ2v) is 8.07. The van der Waals surface area contributed by atoms with Crippen LogP contribution in [0.2, 0.25) is 0 Å². The van der Waals surface area contributed by atoms with Gasteiger partial charge in [0.15, 0.2) is 17.5 Å². The van der Waals surface area contributed by atoms with Gasteiger partial charge in [-0.05, 0) is 44.2 Å². The third-order valence-electron chi connectivity index (χ3n) is 5.68. The Balaban J connectivity index is 1.70. The molecule has 9 nitrogen and oxygen atoms in total. The summed E-state index contributed by atoms with van der Waals surface area (Å²) < 4.78 is 31.4. The van der Waals surface area contributed by atoms with Gasteiger partial charge in [-0.25, -0.2) is 18.6 Å². The molecule has 0 aliphatic heterocycles. The van der Waals surface area contributed by atoms with Crippen molar-refractivity contribution in [3.8, 4) is 6.07 Å². The number of pyridine rings is 1. The maximum atomic E-state index is 15.0. The van der Waals surface area contributed by atoms with Crippen molar-refractivity contribution in [3.05, 3.63) is 77.5 Å². The standard InChI is InChI=1S/C25H23F2N7O2/c1-3-34-21-9-8-17(10-16(21)13-29-34)31-23-15(12-28)11-20(27)24(33-23)32-22(14(2)30-25(35)36)18-6-4-5-7-19(18)26/h4-11,13-14,22,30H,3H2,1-2H3,(H,35,36)(H2,31,32,33)/t14-,22-/m0/s1. The number of aromatic nitrogens is 3. The molecule has 1 amide bonds. The molecule has 11 heteroatoms. The van der Waals surface area contributed by atoms with Crippen LogP contribution in [-0.2, 0) is 6.54 Å². The third kappa shape index (κ3) is 5.02. The van der Waals surface area contributed by atoms with Gasteiger partial charge in [-0.15, -0.1) is 0 Å². The number of halogens is 2. The fourth-order valence-corrected chi connectivity index (χ4v) is 3.95. The number of nitrogens with zero attached hydrogens (tertiary/aromatic N) is 4. The van der Waals surface area contributed by atoms with Gasteiger partial charge in [-0.2, -0.15) is 10.4 Å². The molecule has 4 N–H and O–H groups in total. The first-order valence-electron chi connectivity index (χ1n) is 11.1. The normalized spacial score (nSPS) is 12.5. The third-order valence-corrected chi connectivity index (χ3v) is 5.68. The summed E-state index contributed by atoms with van der Waals surface area (Å²) in [5.74, 6) is -1.64. The quantitative estimate of drug-likeness (QED) is 0.268. The average molecular weight is 492 g/mol. The number of nitrogens with one attached hydrogen (secondary N) is 3. The fraction of sp³-hybridized carbons (Fsp3) is 0.200. The molecule has 2 heterocycles. The van der Waals surface area contributed by atoms with Gasteiger partial charge in [0.2, 0.25) is 0 Å². The highest BCUT2D eigenvalue weighted by Crippen LogP contribution is 2.30. The molecule has 0 spiro atoms. The molecule has 184 valence electrons. The summed E-state index contributed by atoms with van der Waals surface area (Å²) in [4.78, 5) is 15.5. The lowest BCUT2D eigenvalue weighted by molar-refractivity contribution is 0.189. The van der Waals surface area contributed by atoms with E-state index in [4.69, 9.17) is 5.11 Å². The first-order chi connectivity index (χ1) is 17.3. The van der Waals surface area contributed by atoms with Crippen LogP contribution in [0.1, 0.15) is 31.0 Å². The Hall–Kier alpha value is -4.72. The topological polar surface area (TPSA) is 128 Å². The number of benzene rings is 2. The van der Waals surface area contributed by atoms with Gasteiger partial charge in [0.25, 0.3) is 0 Å². The zero-order valence-electron chi connectivity index (χ0n) is 19.5. The largest absolute Gasteiger partial charge is 0.465 e. The number of amides is 1. The molecule has 0 aliphatic rings. The maximum absolute atomic E-state index is 15.0. The molecule has 2 atom stereocenters. The first kappa shape index (κ1) is 24.4. The van der Waals surface area contributed by atoms with Crippen molar-refractivity contribution < 1.29 is 18.7 Å². The van der Waals surface area contributed by atoms with Crippen LogP contribution in [-0.4, -0.2) is 32.0 Å². The summed E-state index contributed by atoms with van der Waals surface area (Å²) in [6.45, 7) is 4.21. The van der Waals surface area contributed by atoms with Crippen LogP contribution in [0.15, 0.2) is 54.7 Å². The van der Waals surface area contributed by atoms with E-state index < -0.39 is 29.8 Å². The highest BCUT2D eigenvalue weighted by Gasteiger charge is 2.26. The van der Waals surface area contributed by atoms with Crippen molar-refractivity contribution in [1.82, 2.24) is 20.1 Å². The highest BCUT2D eigenvalue weighted by atomic mass is 19.1. The molecule has 36 heavy (non-hydrogen) atoms. The molecule has 4 aromatic rings. The number of hydrogen-bond acceptors (Lipinski definition) is 6. The summed E-state index contributed by atoms with van der Waals surface area (Å²) in [7, 11) is 0. The van der Waals surface area contributed by atoms with E-state index in [1.807, 2.05) is 29.8 Å². The lowest BCUT2D eigenvalue weighted by atomic mass is 9.99. The second-order valence-electron chi connectivity index (χ2n) is 8.07. The maximum Gasteiger partial charge on any atom is 0.404 e. The molecule has 0 bridgehead atoms. The second kappa shape index (κ2) is 10.3. The molecule has 0 saturated carbocycles. The lowest BCUT2D eigenvalue weighted by Crippen LogP contribution is -2.39. The van der Waals surface area contributed by atoms with Gasteiger partial charge in [-0.1, -0.05) is 18.2 Å². The lowest BCUT2D eigenvalue weighted by Gasteiger charge is -2.27. The van der Waals surface area contributed by atoms with Gasteiger partial charge < -0.3 is 21.1 Å². The van der Waals surface area contributed by atoms with E-state index in [1.54, 1.807) is 18.3 Å². The molecule has 0 aliphatic carbocycles. The molecule has 2 aromatic heterocycles. The molecule has 0 saturated heterocycles. The Bertz CT molecular complexity index is 1460. The number of aryl methyl sites for hydroxylation is 1. The minimum absolute atomic E-state index is 0.0402. The Labute approximate surface area is 205 Å². The molecule has 0 radical (unpaired) electrons. The Morgan fingerprint density at radius 3 is 2.64 bits per heavy atom. The minimum Gasteiger partial charge on any atom is -0.465 e. The van der Waals surface area contributed by atoms with Gasteiger partial charge in [0.1, 0.15) is 11.9 Å². The molecule has 4 rings (SSSR count). The van der Waals surface area contributed by atoms with Crippen molar-refractivity contribution in [1.29, 1.82) is 5.26 Å². The predicted octanol–water partition coefficient (Wildman–Crippen LogP) is 5.15. The van der Waals surface area contributed by atoms with Crippen molar-refractivity contribution in [3.63, 3.8) is 0 Å². The van der Waals surface area contributed by atoms with E-state index in [0.717, 1.165) is 17.0 Å². The molecule has 0 unspecified atom stereocenters. The summed E-state index contributed by atoms with van der Waals surface area (Å²) >= 11 is 0. The monoisotopic (exact) mass is 491 g/mol. The number of carboxylic acid groups (broad SMARTS) is 1. The summed E-state index contributed by atoms with van der Waals surface area (Å²) in [6, 6.07) is 12.3. The van der Waals surface area contributed by atoms with E-state index in [2.05, 4.69) is 26.0 Å². The van der Waals surface area contributed by atoms with E-state index in [1.165, 1.54) is 25.1 Å². The number of hydrogen-bond donors (Lipinski definition) is 4. The summed E-state index contributed by atoms with van der Waals surface area (Å²) in [5.41, 5.74) is 1.62. The Morgan fingerprint density at radius 1 is 1.17 bits per heavy atom. The van der Waals surface area contributed by atoms with Crippen LogP contribution in [0, 0.1) is 23.0 Å². The van der Waals surface area contributed by atoms with Gasteiger partial charge >= 0.3 is 6.09 Å². The van der Waals surface area contributed by atoms with E-state index in [0.29, 0.717) is 12.2 Å².